The van der Waals surface area contributed by atoms with Gasteiger partial charge in [-0.05, 0) is 28.1 Å². The number of hydroxylamine groups is 1. The Balaban J connectivity index is 2.52. The number of nitrogens with one attached hydrogen (secondary N) is 2. The maximum Gasteiger partial charge on any atom is 0.127 e. The fourth-order valence-electron chi connectivity index (χ4n) is 0.610. The van der Waals surface area contributed by atoms with Crippen LogP contribution in [-0.2, 0) is 0 Å². The fraction of sp³-hybridized carbons (Fsp3) is 0.167. The number of hydrogen-bond acceptors (Lipinski definition) is 4. The highest BCUT2D eigenvalue weighted by molar-refractivity contribution is 9.10. The molecule has 0 spiro atoms. The summed E-state index contributed by atoms with van der Waals surface area (Å²) in [4.78, 5) is 4.01. The van der Waals surface area contributed by atoms with Crippen LogP contribution in [0.15, 0.2) is 22.8 Å². The van der Waals surface area contributed by atoms with E-state index in [1.165, 1.54) is 0 Å². The average molecular weight is 218 g/mol. The summed E-state index contributed by atoms with van der Waals surface area (Å²) in [5.41, 5.74) is 1.97. The quantitative estimate of drug-likeness (QED) is 0.526. The number of anilines is 1. The number of nitrogens with zero attached hydrogens (tertiary/aromatic N) is 1. The van der Waals surface area contributed by atoms with Gasteiger partial charge in [0, 0.05) is 10.7 Å². The first-order valence-electron chi connectivity index (χ1n) is 3.05. The van der Waals surface area contributed by atoms with E-state index in [0.717, 1.165) is 10.3 Å². The van der Waals surface area contributed by atoms with Crippen LogP contribution in [0.25, 0.3) is 0 Å². The molecule has 0 aliphatic heterocycles. The summed E-state index contributed by atoms with van der Waals surface area (Å²) in [6, 6.07) is 3.67. The maximum absolute atomic E-state index is 8.23. The van der Waals surface area contributed by atoms with Gasteiger partial charge in [0.15, 0.2) is 0 Å². The van der Waals surface area contributed by atoms with Crippen LogP contribution >= 0.6 is 15.9 Å². The van der Waals surface area contributed by atoms with Crippen molar-refractivity contribution >= 4 is 21.7 Å². The highest BCUT2D eigenvalue weighted by Crippen LogP contribution is 2.09. The first-order valence-corrected chi connectivity index (χ1v) is 3.84. The topological polar surface area (TPSA) is 57.2 Å². The lowest BCUT2D eigenvalue weighted by Gasteiger charge is -2.02. The molecule has 1 aromatic heterocycles. The van der Waals surface area contributed by atoms with Crippen LogP contribution < -0.4 is 10.8 Å². The molecule has 0 bridgehead atoms. The van der Waals surface area contributed by atoms with E-state index in [9.17, 15) is 0 Å². The van der Waals surface area contributed by atoms with E-state index in [0.29, 0.717) is 0 Å². The molecule has 0 aliphatic carbocycles. The molecule has 4 nitrogen and oxygen atoms in total. The van der Waals surface area contributed by atoms with Gasteiger partial charge in [0.2, 0.25) is 0 Å². The van der Waals surface area contributed by atoms with Gasteiger partial charge < -0.3 is 10.5 Å². The van der Waals surface area contributed by atoms with E-state index in [2.05, 4.69) is 26.2 Å². The Morgan fingerprint density at radius 2 is 2.36 bits per heavy atom. The van der Waals surface area contributed by atoms with Crippen LogP contribution in [0.5, 0.6) is 0 Å². The monoisotopic (exact) mass is 217 g/mol. The van der Waals surface area contributed by atoms with Crippen LogP contribution in [-0.4, -0.2) is 16.9 Å². The Morgan fingerprint density at radius 3 is 2.91 bits per heavy atom. The highest BCUT2D eigenvalue weighted by Gasteiger charge is 1.90. The average Bonchev–Trinajstić information content (AvgIpc) is 2.04. The third-order valence-electron chi connectivity index (χ3n) is 1.08. The summed E-state index contributed by atoms with van der Waals surface area (Å²) < 4.78 is 0.931. The smallest absolute Gasteiger partial charge is 0.127 e. The molecule has 60 valence electrons. The second kappa shape index (κ2) is 4.27. The molecule has 0 saturated heterocycles. The van der Waals surface area contributed by atoms with Crippen molar-refractivity contribution in [2.75, 3.05) is 12.0 Å². The minimum Gasteiger partial charge on any atom is -0.355 e. The van der Waals surface area contributed by atoms with Gasteiger partial charge in [-0.3, -0.25) is 0 Å². The van der Waals surface area contributed by atoms with Gasteiger partial charge in [-0.25, -0.2) is 4.98 Å². The normalized spacial score (nSPS) is 9.64. The van der Waals surface area contributed by atoms with E-state index in [-0.39, 0.29) is 6.67 Å². The minimum absolute atomic E-state index is 0.286. The van der Waals surface area contributed by atoms with Gasteiger partial charge >= 0.3 is 0 Å². The third-order valence-corrected chi connectivity index (χ3v) is 1.55. The second-order valence-corrected chi connectivity index (χ2v) is 2.79. The largest absolute Gasteiger partial charge is 0.355 e. The van der Waals surface area contributed by atoms with Crippen molar-refractivity contribution in [3.05, 3.63) is 22.8 Å². The zero-order valence-corrected chi connectivity index (χ0v) is 7.30. The number of halogens is 1. The summed E-state index contributed by atoms with van der Waals surface area (Å²) in [6.07, 6.45) is 1.68. The number of aromatic nitrogens is 1. The molecule has 0 aromatic carbocycles. The molecule has 0 atom stereocenters. The molecule has 1 rings (SSSR count). The van der Waals surface area contributed by atoms with Crippen LogP contribution in [0.1, 0.15) is 0 Å². The van der Waals surface area contributed by atoms with Crippen molar-refractivity contribution in [3.8, 4) is 0 Å². The Hall–Kier alpha value is -0.650. The molecule has 3 N–H and O–H groups in total. The molecule has 0 amide bonds. The molecule has 0 radical (unpaired) electrons. The molecule has 0 saturated carbocycles. The van der Waals surface area contributed by atoms with Gasteiger partial charge in [0.1, 0.15) is 5.82 Å². The van der Waals surface area contributed by atoms with Crippen molar-refractivity contribution in [1.29, 1.82) is 0 Å². The predicted molar refractivity (Wildman–Crippen MR) is 45.3 cm³/mol. The Bertz CT molecular complexity index is 214. The molecule has 0 fully saturated rings. The predicted octanol–water partition coefficient (Wildman–Crippen LogP) is 1.19. The van der Waals surface area contributed by atoms with Crippen molar-refractivity contribution in [2.45, 2.75) is 0 Å². The van der Waals surface area contributed by atoms with Crippen molar-refractivity contribution in [3.63, 3.8) is 0 Å². The molecule has 11 heavy (non-hydrogen) atoms. The zero-order chi connectivity index (χ0) is 8.10. The first kappa shape index (κ1) is 8.45. The number of pyridine rings is 1. The second-order valence-electron chi connectivity index (χ2n) is 1.87. The highest BCUT2D eigenvalue weighted by atomic mass is 79.9. The third kappa shape index (κ3) is 2.83. The van der Waals surface area contributed by atoms with E-state index in [1.807, 2.05) is 11.5 Å². The molecular weight excluding hydrogens is 210 g/mol. The lowest BCUT2D eigenvalue weighted by Crippen LogP contribution is -2.17. The Morgan fingerprint density at radius 1 is 1.55 bits per heavy atom. The van der Waals surface area contributed by atoms with Gasteiger partial charge in [-0.15, -0.1) is 0 Å². The van der Waals surface area contributed by atoms with Crippen molar-refractivity contribution in [2.24, 2.45) is 0 Å². The van der Waals surface area contributed by atoms with Gasteiger partial charge in [-0.2, -0.15) is 5.48 Å². The van der Waals surface area contributed by atoms with Gasteiger partial charge in [0.25, 0.3) is 0 Å². The molecular formula is C6H8BrN3O. The summed E-state index contributed by atoms with van der Waals surface area (Å²) >= 11 is 3.26. The summed E-state index contributed by atoms with van der Waals surface area (Å²) in [7, 11) is 0. The number of rotatable bonds is 3. The SMILES string of the molecule is ONCNc1ccc(Br)cn1. The van der Waals surface area contributed by atoms with Crippen molar-refractivity contribution < 1.29 is 5.21 Å². The standard InChI is InChI=1S/C6H8BrN3O/c7-5-1-2-6(8-3-5)9-4-10-11/h1-3,10-11H,4H2,(H,8,9). The summed E-state index contributed by atoms with van der Waals surface area (Å²) in [5, 5.41) is 11.1. The summed E-state index contributed by atoms with van der Waals surface area (Å²) in [5.74, 6) is 0.717. The van der Waals surface area contributed by atoms with Crippen LogP contribution in [0, 0.1) is 0 Å². The van der Waals surface area contributed by atoms with E-state index < -0.39 is 0 Å². The van der Waals surface area contributed by atoms with E-state index in [4.69, 9.17) is 5.21 Å². The fourth-order valence-corrected chi connectivity index (χ4v) is 0.845. The molecule has 0 unspecified atom stereocenters. The Kier molecular flexibility index (Phi) is 3.28. The van der Waals surface area contributed by atoms with Gasteiger partial charge in [0.05, 0.1) is 6.67 Å². The lowest BCUT2D eigenvalue weighted by atomic mass is 10.5. The van der Waals surface area contributed by atoms with E-state index >= 15 is 0 Å². The number of hydrogen-bond donors (Lipinski definition) is 3. The Labute approximate surface area is 72.7 Å². The zero-order valence-electron chi connectivity index (χ0n) is 5.71. The summed E-state index contributed by atoms with van der Waals surface area (Å²) in [6.45, 7) is 0.286. The van der Waals surface area contributed by atoms with Crippen LogP contribution in [0.2, 0.25) is 0 Å². The van der Waals surface area contributed by atoms with Crippen LogP contribution in [0.3, 0.4) is 0 Å². The van der Waals surface area contributed by atoms with Gasteiger partial charge in [-0.1, -0.05) is 0 Å². The molecule has 1 aromatic rings. The van der Waals surface area contributed by atoms with Crippen LogP contribution in [0.4, 0.5) is 5.82 Å². The maximum atomic E-state index is 8.23. The van der Waals surface area contributed by atoms with Crippen molar-refractivity contribution in [1.82, 2.24) is 10.5 Å². The first-order chi connectivity index (χ1) is 5.33. The molecule has 5 heteroatoms. The molecule has 0 aliphatic rings. The lowest BCUT2D eigenvalue weighted by molar-refractivity contribution is 0.175. The minimum atomic E-state index is 0.286. The van der Waals surface area contributed by atoms with E-state index in [1.54, 1.807) is 12.3 Å². The molecule has 1 heterocycles.